The van der Waals surface area contributed by atoms with Crippen molar-refractivity contribution in [3.05, 3.63) is 54.1 Å². The Morgan fingerprint density at radius 1 is 0.844 bits per heavy atom. The largest absolute Gasteiger partial charge is 0.376 e. The molecule has 4 N–H and O–H groups in total. The zero-order valence-electron chi connectivity index (χ0n) is 18.6. The van der Waals surface area contributed by atoms with Gasteiger partial charge in [-0.05, 0) is 61.7 Å². The lowest BCUT2D eigenvalue weighted by molar-refractivity contribution is -0.116. The van der Waals surface area contributed by atoms with Crippen LogP contribution in [0.3, 0.4) is 0 Å². The summed E-state index contributed by atoms with van der Waals surface area (Å²) < 4.78 is 0. The third kappa shape index (κ3) is 7.41. The zero-order valence-corrected chi connectivity index (χ0v) is 18.6. The minimum Gasteiger partial charge on any atom is -0.376 e. The molecule has 0 aliphatic heterocycles. The molecule has 0 saturated heterocycles. The number of benzene rings is 2. The average Bonchev–Trinajstić information content (AvgIpc) is 2.79. The molecule has 3 rings (SSSR count). The van der Waals surface area contributed by atoms with Gasteiger partial charge in [-0.2, -0.15) is 0 Å². The molecule has 0 bridgehead atoms. The second kappa shape index (κ2) is 11.9. The zero-order chi connectivity index (χ0) is 22.8. The molecule has 170 valence electrons. The van der Waals surface area contributed by atoms with Gasteiger partial charge in [0.25, 0.3) is 5.91 Å². The highest BCUT2D eigenvalue weighted by atomic mass is 16.2. The lowest BCUT2D eigenvalue weighted by atomic mass is 9.95. The number of amides is 3. The maximum absolute atomic E-state index is 12.5. The van der Waals surface area contributed by atoms with E-state index in [2.05, 4.69) is 21.3 Å². The van der Waals surface area contributed by atoms with Crippen LogP contribution in [0.4, 0.5) is 17.1 Å². The SMILES string of the molecule is CCCC(=O)Nc1ccc(NCC(=O)Nc2cccc(C(=O)NC3CCCCC3)c2)cc1. The molecule has 2 aromatic rings. The smallest absolute Gasteiger partial charge is 0.251 e. The van der Waals surface area contributed by atoms with Crippen molar-refractivity contribution in [1.29, 1.82) is 0 Å². The average molecular weight is 437 g/mol. The first kappa shape index (κ1) is 23.3. The Morgan fingerprint density at radius 3 is 2.25 bits per heavy atom. The van der Waals surface area contributed by atoms with Crippen molar-refractivity contribution >= 4 is 34.8 Å². The Morgan fingerprint density at radius 2 is 1.53 bits per heavy atom. The summed E-state index contributed by atoms with van der Waals surface area (Å²) in [7, 11) is 0. The summed E-state index contributed by atoms with van der Waals surface area (Å²) in [5.41, 5.74) is 2.63. The molecule has 7 heteroatoms. The predicted octanol–water partition coefficient (Wildman–Crippen LogP) is 4.54. The van der Waals surface area contributed by atoms with Gasteiger partial charge in [-0.1, -0.05) is 32.3 Å². The number of anilines is 3. The van der Waals surface area contributed by atoms with E-state index in [9.17, 15) is 14.4 Å². The molecule has 32 heavy (non-hydrogen) atoms. The fraction of sp³-hybridized carbons (Fsp3) is 0.400. The summed E-state index contributed by atoms with van der Waals surface area (Å²) in [6.45, 7) is 2.04. The monoisotopic (exact) mass is 436 g/mol. The second-order valence-electron chi connectivity index (χ2n) is 8.17. The standard InChI is InChI=1S/C25H32N4O3/c1-2-7-23(30)27-21-14-12-19(13-15-21)26-17-24(31)28-22-11-6-8-18(16-22)25(32)29-20-9-4-3-5-10-20/h6,8,11-16,20,26H,2-5,7,9-10,17H2,1H3,(H,27,30)(H,28,31)(H,29,32). The minimum atomic E-state index is -0.213. The van der Waals surface area contributed by atoms with E-state index < -0.39 is 0 Å². The molecule has 0 radical (unpaired) electrons. The van der Waals surface area contributed by atoms with Crippen LogP contribution >= 0.6 is 0 Å². The van der Waals surface area contributed by atoms with Gasteiger partial charge < -0.3 is 21.3 Å². The predicted molar refractivity (Wildman–Crippen MR) is 128 cm³/mol. The molecule has 3 amide bonds. The summed E-state index contributed by atoms with van der Waals surface area (Å²) in [6, 6.07) is 14.4. The van der Waals surface area contributed by atoms with Crippen LogP contribution in [-0.4, -0.2) is 30.3 Å². The number of rotatable bonds is 9. The van der Waals surface area contributed by atoms with Crippen molar-refractivity contribution < 1.29 is 14.4 Å². The molecule has 0 atom stereocenters. The van der Waals surface area contributed by atoms with E-state index in [4.69, 9.17) is 0 Å². The van der Waals surface area contributed by atoms with Crippen molar-refractivity contribution in [3.8, 4) is 0 Å². The molecule has 0 spiro atoms. The quantitative estimate of drug-likeness (QED) is 0.464. The number of carbonyl (C=O) groups is 3. The van der Waals surface area contributed by atoms with Gasteiger partial charge in [0.05, 0.1) is 6.54 Å². The lowest BCUT2D eigenvalue weighted by Gasteiger charge is -2.22. The highest BCUT2D eigenvalue weighted by Crippen LogP contribution is 2.19. The van der Waals surface area contributed by atoms with Crippen LogP contribution in [0.25, 0.3) is 0 Å². The van der Waals surface area contributed by atoms with Crippen molar-refractivity contribution in [2.24, 2.45) is 0 Å². The van der Waals surface area contributed by atoms with Crippen LogP contribution in [0.5, 0.6) is 0 Å². The molecule has 1 aliphatic rings. The fourth-order valence-electron chi connectivity index (χ4n) is 3.76. The summed E-state index contributed by atoms with van der Waals surface area (Å²) in [5.74, 6) is -0.324. The van der Waals surface area contributed by atoms with Crippen molar-refractivity contribution in [1.82, 2.24) is 5.32 Å². The van der Waals surface area contributed by atoms with Gasteiger partial charge in [-0.3, -0.25) is 14.4 Å². The van der Waals surface area contributed by atoms with Crippen LogP contribution in [0.2, 0.25) is 0 Å². The number of carbonyl (C=O) groups excluding carboxylic acids is 3. The molecule has 1 fully saturated rings. The fourth-order valence-corrected chi connectivity index (χ4v) is 3.76. The topological polar surface area (TPSA) is 99.3 Å². The van der Waals surface area contributed by atoms with Gasteiger partial charge in [0.15, 0.2) is 0 Å². The van der Waals surface area contributed by atoms with Gasteiger partial charge >= 0.3 is 0 Å². The maximum atomic E-state index is 12.5. The van der Waals surface area contributed by atoms with Crippen LogP contribution in [0.1, 0.15) is 62.2 Å². The van der Waals surface area contributed by atoms with E-state index >= 15 is 0 Å². The Balaban J connectivity index is 1.47. The lowest BCUT2D eigenvalue weighted by Crippen LogP contribution is -2.36. The van der Waals surface area contributed by atoms with Crippen LogP contribution in [-0.2, 0) is 9.59 Å². The van der Waals surface area contributed by atoms with Crippen molar-refractivity contribution in [2.45, 2.75) is 57.9 Å². The summed E-state index contributed by atoms with van der Waals surface area (Å²) in [5, 5.41) is 11.8. The van der Waals surface area contributed by atoms with E-state index in [-0.39, 0.29) is 30.3 Å². The molecule has 2 aromatic carbocycles. The number of hydrogen-bond donors (Lipinski definition) is 4. The highest BCUT2D eigenvalue weighted by Gasteiger charge is 2.17. The van der Waals surface area contributed by atoms with Crippen LogP contribution in [0.15, 0.2) is 48.5 Å². The third-order valence-corrected chi connectivity index (χ3v) is 5.45. The molecule has 0 aromatic heterocycles. The molecule has 1 aliphatic carbocycles. The molecule has 1 saturated carbocycles. The van der Waals surface area contributed by atoms with E-state index in [1.807, 2.05) is 19.1 Å². The van der Waals surface area contributed by atoms with Gasteiger partial charge in [0, 0.05) is 35.1 Å². The normalized spacial score (nSPS) is 13.8. The maximum Gasteiger partial charge on any atom is 0.251 e. The van der Waals surface area contributed by atoms with E-state index in [0.717, 1.165) is 43.5 Å². The van der Waals surface area contributed by atoms with E-state index in [1.165, 1.54) is 6.42 Å². The van der Waals surface area contributed by atoms with Gasteiger partial charge in [-0.25, -0.2) is 0 Å². The van der Waals surface area contributed by atoms with Crippen LogP contribution < -0.4 is 21.3 Å². The molecular weight excluding hydrogens is 404 g/mol. The van der Waals surface area contributed by atoms with Crippen LogP contribution in [0, 0.1) is 0 Å². The number of nitrogens with one attached hydrogen (secondary N) is 4. The van der Waals surface area contributed by atoms with Crippen molar-refractivity contribution in [2.75, 3.05) is 22.5 Å². The minimum absolute atomic E-state index is 0.0118. The first-order valence-corrected chi connectivity index (χ1v) is 11.4. The Bertz CT molecular complexity index is 921. The summed E-state index contributed by atoms with van der Waals surface area (Å²) in [6.07, 6.45) is 6.90. The first-order chi connectivity index (χ1) is 15.5. The second-order valence-corrected chi connectivity index (χ2v) is 8.17. The van der Waals surface area contributed by atoms with E-state index in [1.54, 1.807) is 36.4 Å². The van der Waals surface area contributed by atoms with E-state index in [0.29, 0.717) is 17.7 Å². The summed E-state index contributed by atoms with van der Waals surface area (Å²) >= 11 is 0. The Hall–Kier alpha value is -3.35. The van der Waals surface area contributed by atoms with Gasteiger partial charge in [-0.15, -0.1) is 0 Å². The highest BCUT2D eigenvalue weighted by molar-refractivity contribution is 5.98. The third-order valence-electron chi connectivity index (χ3n) is 5.45. The first-order valence-electron chi connectivity index (χ1n) is 11.4. The summed E-state index contributed by atoms with van der Waals surface area (Å²) in [4.78, 5) is 36.5. The van der Waals surface area contributed by atoms with Gasteiger partial charge in [0.2, 0.25) is 11.8 Å². The Labute approximate surface area is 189 Å². The molecular formula is C25H32N4O3. The molecule has 0 heterocycles. The van der Waals surface area contributed by atoms with Crippen molar-refractivity contribution in [3.63, 3.8) is 0 Å². The number of hydrogen-bond acceptors (Lipinski definition) is 4. The molecule has 7 nitrogen and oxygen atoms in total. The van der Waals surface area contributed by atoms with Gasteiger partial charge in [0.1, 0.15) is 0 Å². The molecule has 0 unspecified atom stereocenters. The Kier molecular flexibility index (Phi) is 8.66.